The summed E-state index contributed by atoms with van der Waals surface area (Å²) in [7, 11) is 0.835. The van der Waals surface area contributed by atoms with Crippen molar-refractivity contribution in [2.24, 2.45) is 0 Å². The third-order valence-corrected chi connectivity index (χ3v) is 8.20. The van der Waals surface area contributed by atoms with Gasteiger partial charge < -0.3 is 14.4 Å². The molecule has 3 aromatic rings. The number of anilines is 1. The fraction of sp³-hybridized carbons (Fsp3) is 0.296. The maximum Gasteiger partial charge on any atom is 0.264 e. The first-order valence-corrected chi connectivity index (χ1v) is 12.9. The van der Waals surface area contributed by atoms with Crippen molar-refractivity contribution in [2.75, 3.05) is 32.1 Å². The van der Waals surface area contributed by atoms with Gasteiger partial charge in [0.25, 0.3) is 15.9 Å². The smallest absolute Gasteiger partial charge is 0.264 e. The normalized spacial score (nSPS) is 15.6. The van der Waals surface area contributed by atoms with Crippen LogP contribution in [-0.2, 0) is 16.4 Å². The van der Waals surface area contributed by atoms with Crippen molar-refractivity contribution in [3.05, 3.63) is 83.9 Å². The van der Waals surface area contributed by atoms with Gasteiger partial charge >= 0.3 is 0 Å². The van der Waals surface area contributed by atoms with Crippen LogP contribution in [0.1, 0.15) is 28.8 Å². The Kier molecular flexibility index (Phi) is 7.31. The monoisotopic (exact) mass is 494 g/mol. The highest BCUT2D eigenvalue weighted by Gasteiger charge is 2.30. The molecular formula is C27H30N2O5S. The summed E-state index contributed by atoms with van der Waals surface area (Å²) in [5.41, 5.74) is 1.97. The molecule has 0 aliphatic carbocycles. The molecule has 3 aromatic carbocycles. The van der Waals surface area contributed by atoms with Gasteiger partial charge in [0, 0.05) is 25.2 Å². The van der Waals surface area contributed by atoms with Gasteiger partial charge in [-0.3, -0.25) is 9.10 Å². The van der Waals surface area contributed by atoms with Crippen molar-refractivity contribution >= 4 is 21.6 Å². The van der Waals surface area contributed by atoms with Crippen LogP contribution in [-0.4, -0.2) is 53.1 Å². The lowest BCUT2D eigenvalue weighted by Gasteiger charge is -2.25. The van der Waals surface area contributed by atoms with E-state index in [1.165, 1.54) is 23.5 Å². The summed E-state index contributed by atoms with van der Waals surface area (Å²) in [6.07, 6.45) is 2.54. The predicted octanol–water partition coefficient (Wildman–Crippen LogP) is 4.38. The lowest BCUT2D eigenvalue weighted by molar-refractivity contribution is 0.0736. The molecule has 1 aliphatic rings. The van der Waals surface area contributed by atoms with Crippen LogP contribution in [0.2, 0.25) is 0 Å². The molecule has 1 amide bonds. The Labute approximate surface area is 206 Å². The van der Waals surface area contributed by atoms with Crippen LogP contribution in [0.4, 0.5) is 5.69 Å². The summed E-state index contributed by atoms with van der Waals surface area (Å²) in [4.78, 5) is 15.4. The van der Waals surface area contributed by atoms with Crippen LogP contribution in [0.5, 0.6) is 11.5 Å². The number of benzene rings is 3. The average molecular weight is 495 g/mol. The SMILES string of the molecule is COc1ccc(N(C)S(=O)(=O)c2cccc(C(=O)N3CCCC3Cc3cccc(OC)c3)c2)cc1. The van der Waals surface area contributed by atoms with Crippen molar-refractivity contribution in [1.82, 2.24) is 4.90 Å². The van der Waals surface area contributed by atoms with E-state index in [1.54, 1.807) is 50.6 Å². The van der Waals surface area contributed by atoms with E-state index in [1.807, 2.05) is 29.2 Å². The third-order valence-electron chi connectivity index (χ3n) is 6.42. The minimum atomic E-state index is -3.85. The van der Waals surface area contributed by atoms with Crippen molar-refractivity contribution in [3.63, 3.8) is 0 Å². The molecule has 8 heteroatoms. The van der Waals surface area contributed by atoms with Gasteiger partial charge in [0.1, 0.15) is 11.5 Å². The molecule has 0 spiro atoms. The van der Waals surface area contributed by atoms with Gasteiger partial charge in [-0.25, -0.2) is 8.42 Å². The molecule has 1 heterocycles. The van der Waals surface area contributed by atoms with Crippen molar-refractivity contribution < 1.29 is 22.7 Å². The van der Waals surface area contributed by atoms with Crippen LogP contribution >= 0.6 is 0 Å². The Morgan fingerprint density at radius 3 is 2.40 bits per heavy atom. The zero-order valence-electron chi connectivity index (χ0n) is 20.2. The van der Waals surface area contributed by atoms with E-state index in [2.05, 4.69) is 0 Å². The van der Waals surface area contributed by atoms with Crippen molar-refractivity contribution in [1.29, 1.82) is 0 Å². The van der Waals surface area contributed by atoms with Gasteiger partial charge in [-0.05, 0) is 79.4 Å². The molecule has 0 N–H and O–H groups in total. The maximum absolute atomic E-state index is 13.4. The number of methoxy groups -OCH3 is 2. The van der Waals surface area contributed by atoms with E-state index in [-0.39, 0.29) is 16.8 Å². The van der Waals surface area contributed by atoms with Crippen LogP contribution in [0.3, 0.4) is 0 Å². The third kappa shape index (κ3) is 5.27. The molecule has 0 aromatic heterocycles. The number of amides is 1. The Morgan fingerprint density at radius 2 is 1.69 bits per heavy atom. The Hall–Kier alpha value is -3.52. The van der Waals surface area contributed by atoms with E-state index in [4.69, 9.17) is 9.47 Å². The summed E-state index contributed by atoms with van der Waals surface area (Å²) in [5, 5.41) is 0. The number of hydrogen-bond acceptors (Lipinski definition) is 5. The number of carbonyl (C=O) groups excluding carboxylic acids is 1. The lowest BCUT2D eigenvalue weighted by Crippen LogP contribution is -2.37. The van der Waals surface area contributed by atoms with Gasteiger partial charge in [-0.15, -0.1) is 0 Å². The van der Waals surface area contributed by atoms with E-state index in [9.17, 15) is 13.2 Å². The number of likely N-dealkylation sites (tertiary alicyclic amines) is 1. The van der Waals surface area contributed by atoms with Crippen molar-refractivity contribution in [3.8, 4) is 11.5 Å². The number of nitrogens with zero attached hydrogens (tertiary/aromatic N) is 2. The molecule has 184 valence electrons. The average Bonchev–Trinajstić information content (AvgIpc) is 3.36. The van der Waals surface area contributed by atoms with Crippen LogP contribution in [0, 0.1) is 0 Å². The minimum Gasteiger partial charge on any atom is -0.497 e. The second-order valence-electron chi connectivity index (χ2n) is 8.55. The quantitative estimate of drug-likeness (QED) is 0.465. The molecular weight excluding hydrogens is 464 g/mol. The highest BCUT2D eigenvalue weighted by molar-refractivity contribution is 7.92. The maximum atomic E-state index is 13.4. The zero-order valence-corrected chi connectivity index (χ0v) is 21.0. The summed E-state index contributed by atoms with van der Waals surface area (Å²) >= 11 is 0. The summed E-state index contributed by atoms with van der Waals surface area (Å²) in [5.74, 6) is 1.28. The van der Waals surface area contributed by atoms with E-state index in [0.717, 1.165) is 30.6 Å². The molecule has 1 atom stereocenters. The van der Waals surface area contributed by atoms with Gasteiger partial charge in [0.2, 0.25) is 0 Å². The summed E-state index contributed by atoms with van der Waals surface area (Å²) < 4.78 is 38.3. The van der Waals surface area contributed by atoms with E-state index in [0.29, 0.717) is 23.5 Å². The van der Waals surface area contributed by atoms with E-state index >= 15 is 0 Å². The zero-order chi connectivity index (χ0) is 25.0. The number of carbonyl (C=O) groups is 1. The molecule has 0 radical (unpaired) electrons. The fourth-order valence-electron chi connectivity index (χ4n) is 4.43. The van der Waals surface area contributed by atoms with Gasteiger partial charge in [0.15, 0.2) is 0 Å². The van der Waals surface area contributed by atoms with Crippen LogP contribution < -0.4 is 13.8 Å². The number of hydrogen-bond donors (Lipinski definition) is 0. The molecule has 0 bridgehead atoms. The number of sulfonamides is 1. The highest BCUT2D eigenvalue weighted by Crippen LogP contribution is 2.28. The molecule has 7 nitrogen and oxygen atoms in total. The summed E-state index contributed by atoms with van der Waals surface area (Å²) in [6, 6.07) is 21.0. The second-order valence-corrected chi connectivity index (χ2v) is 10.5. The lowest BCUT2D eigenvalue weighted by atomic mass is 10.0. The number of ether oxygens (including phenoxy) is 2. The Bertz CT molecular complexity index is 1290. The first-order chi connectivity index (χ1) is 16.8. The molecule has 35 heavy (non-hydrogen) atoms. The molecule has 4 rings (SSSR count). The van der Waals surface area contributed by atoms with Crippen LogP contribution in [0.15, 0.2) is 77.7 Å². The molecule has 1 aliphatic heterocycles. The predicted molar refractivity (Wildman–Crippen MR) is 136 cm³/mol. The van der Waals surface area contributed by atoms with Gasteiger partial charge in [-0.1, -0.05) is 18.2 Å². The second kappa shape index (κ2) is 10.4. The standard InChI is InChI=1S/C27H30N2O5S/c1-28(22-12-14-24(33-2)15-13-22)35(31,32)26-11-5-8-21(19-26)27(30)29-16-6-9-23(29)17-20-7-4-10-25(18-20)34-3/h4-5,7-8,10-15,18-19,23H,6,9,16-17H2,1-3H3. The molecule has 1 fully saturated rings. The highest BCUT2D eigenvalue weighted by atomic mass is 32.2. The Balaban J connectivity index is 1.54. The number of rotatable bonds is 8. The van der Waals surface area contributed by atoms with Gasteiger partial charge in [0.05, 0.1) is 24.8 Å². The first-order valence-electron chi connectivity index (χ1n) is 11.5. The van der Waals surface area contributed by atoms with Crippen LogP contribution in [0.25, 0.3) is 0 Å². The Morgan fingerprint density at radius 1 is 0.971 bits per heavy atom. The minimum absolute atomic E-state index is 0.0526. The topological polar surface area (TPSA) is 76.2 Å². The van der Waals surface area contributed by atoms with Crippen molar-refractivity contribution in [2.45, 2.75) is 30.2 Å². The summed E-state index contributed by atoms with van der Waals surface area (Å²) in [6.45, 7) is 0.649. The molecule has 1 saturated heterocycles. The fourth-order valence-corrected chi connectivity index (χ4v) is 5.67. The van der Waals surface area contributed by atoms with Gasteiger partial charge in [-0.2, -0.15) is 0 Å². The largest absolute Gasteiger partial charge is 0.497 e. The van der Waals surface area contributed by atoms with E-state index < -0.39 is 10.0 Å². The molecule has 0 saturated carbocycles. The first kappa shape index (κ1) is 24.6. The molecule has 1 unspecified atom stereocenters.